The molecule has 78 valence electrons. The van der Waals surface area contributed by atoms with Gasteiger partial charge in [-0.05, 0) is 18.9 Å². The van der Waals surface area contributed by atoms with Crippen LogP contribution in [0.15, 0.2) is 18.5 Å². The number of fused-ring (bicyclic) bond motifs is 1. The average molecular weight is 203 g/mol. The van der Waals surface area contributed by atoms with Crippen LogP contribution in [0.1, 0.15) is 37.4 Å². The van der Waals surface area contributed by atoms with Gasteiger partial charge in [0.15, 0.2) is 0 Å². The highest BCUT2D eigenvalue weighted by Crippen LogP contribution is 2.34. The molecule has 1 N–H and O–H groups in total. The van der Waals surface area contributed by atoms with Gasteiger partial charge >= 0.3 is 0 Å². The zero-order valence-corrected chi connectivity index (χ0v) is 8.43. The van der Waals surface area contributed by atoms with Crippen molar-refractivity contribution in [1.29, 1.82) is 0 Å². The molecule has 0 unspecified atom stereocenters. The van der Waals surface area contributed by atoms with Gasteiger partial charge in [-0.3, -0.25) is 0 Å². The maximum absolute atomic E-state index is 9.25. The number of pyridine rings is 1. The van der Waals surface area contributed by atoms with Gasteiger partial charge in [0.05, 0.1) is 11.9 Å². The monoisotopic (exact) mass is 203 g/mol. The Morgan fingerprint density at radius 3 is 2.73 bits per heavy atom. The maximum atomic E-state index is 9.25. The van der Waals surface area contributed by atoms with Crippen molar-refractivity contribution < 1.29 is 5.21 Å². The lowest BCUT2D eigenvalue weighted by Crippen LogP contribution is -1.93. The fourth-order valence-electron chi connectivity index (χ4n) is 2.29. The number of rotatable bonds is 1. The van der Waals surface area contributed by atoms with Gasteiger partial charge in [-0.15, -0.1) is 0 Å². The van der Waals surface area contributed by atoms with Crippen LogP contribution < -0.4 is 0 Å². The first-order valence-electron chi connectivity index (χ1n) is 5.38. The Labute approximate surface area is 87.9 Å². The van der Waals surface area contributed by atoms with Crippen LogP contribution in [0.4, 0.5) is 0 Å². The molecule has 0 spiro atoms. The summed E-state index contributed by atoms with van der Waals surface area (Å²) >= 11 is 0. The SMILES string of the molecule is On1ccc2nc(C3CCCC3)nc-2c1. The predicted molar refractivity (Wildman–Crippen MR) is 55.0 cm³/mol. The van der Waals surface area contributed by atoms with Crippen molar-refractivity contribution in [2.45, 2.75) is 31.6 Å². The third-order valence-electron chi connectivity index (χ3n) is 3.09. The molecule has 0 aromatic rings. The molecule has 2 heterocycles. The third-order valence-corrected chi connectivity index (χ3v) is 3.09. The largest absolute Gasteiger partial charge is 0.429 e. The number of aromatic nitrogens is 3. The first-order valence-corrected chi connectivity index (χ1v) is 5.38. The van der Waals surface area contributed by atoms with E-state index in [0.29, 0.717) is 5.92 Å². The topological polar surface area (TPSA) is 50.9 Å². The Hall–Kier alpha value is -1.58. The lowest BCUT2D eigenvalue weighted by atomic mass is 10.1. The van der Waals surface area contributed by atoms with Crippen LogP contribution in [0.5, 0.6) is 0 Å². The molecule has 0 bridgehead atoms. The maximum Gasteiger partial charge on any atom is 0.132 e. The summed E-state index contributed by atoms with van der Waals surface area (Å²) in [4.78, 5) is 8.96. The highest BCUT2D eigenvalue weighted by Gasteiger charge is 2.22. The van der Waals surface area contributed by atoms with Crippen LogP contribution in [-0.2, 0) is 0 Å². The molecule has 3 rings (SSSR count). The van der Waals surface area contributed by atoms with E-state index in [0.717, 1.165) is 21.9 Å². The Bertz CT molecular complexity index is 445. The highest BCUT2D eigenvalue weighted by molar-refractivity contribution is 5.54. The molecule has 1 aliphatic carbocycles. The first kappa shape index (κ1) is 8.71. The van der Waals surface area contributed by atoms with E-state index in [1.54, 1.807) is 18.5 Å². The van der Waals surface area contributed by atoms with Crippen molar-refractivity contribution in [2.24, 2.45) is 0 Å². The zero-order valence-electron chi connectivity index (χ0n) is 8.43. The number of imidazole rings is 1. The van der Waals surface area contributed by atoms with Crippen molar-refractivity contribution in [2.75, 3.05) is 0 Å². The normalized spacial score (nSPS) is 17.6. The third kappa shape index (κ3) is 1.46. The van der Waals surface area contributed by atoms with E-state index in [4.69, 9.17) is 0 Å². The minimum Gasteiger partial charge on any atom is -0.429 e. The van der Waals surface area contributed by atoms with Crippen molar-refractivity contribution in [3.63, 3.8) is 0 Å². The Morgan fingerprint density at radius 2 is 1.93 bits per heavy atom. The number of hydrogen-bond acceptors (Lipinski definition) is 3. The molecule has 2 aliphatic heterocycles. The van der Waals surface area contributed by atoms with E-state index in [1.165, 1.54) is 25.7 Å². The van der Waals surface area contributed by atoms with E-state index >= 15 is 0 Å². The molecule has 0 atom stereocenters. The summed E-state index contributed by atoms with van der Waals surface area (Å²) in [7, 11) is 0. The van der Waals surface area contributed by atoms with Crippen LogP contribution in [0.2, 0.25) is 0 Å². The summed E-state index contributed by atoms with van der Waals surface area (Å²) in [6.45, 7) is 0. The van der Waals surface area contributed by atoms with Crippen LogP contribution in [0.25, 0.3) is 11.4 Å². The summed E-state index contributed by atoms with van der Waals surface area (Å²) in [5.41, 5.74) is 1.66. The van der Waals surface area contributed by atoms with Crippen molar-refractivity contribution >= 4 is 0 Å². The molecule has 1 fully saturated rings. The molecule has 0 radical (unpaired) electrons. The second-order valence-corrected chi connectivity index (χ2v) is 4.16. The molecule has 0 amide bonds. The van der Waals surface area contributed by atoms with Gasteiger partial charge in [0.25, 0.3) is 0 Å². The van der Waals surface area contributed by atoms with Gasteiger partial charge in [-0.2, -0.15) is 4.73 Å². The average Bonchev–Trinajstić information content (AvgIpc) is 2.84. The standard InChI is InChI=1S/C11H13N3O/c15-14-6-5-9-10(7-14)13-11(12-9)8-3-1-2-4-8/h5-8,15H,1-4H2. The summed E-state index contributed by atoms with van der Waals surface area (Å²) in [5.74, 6) is 1.48. The fraction of sp³-hybridized carbons (Fsp3) is 0.455. The molecule has 3 aliphatic rings. The van der Waals surface area contributed by atoms with Gasteiger partial charge in [0, 0.05) is 12.1 Å². The lowest BCUT2D eigenvalue weighted by Gasteiger charge is -2.00. The fourth-order valence-corrected chi connectivity index (χ4v) is 2.29. The first-order chi connectivity index (χ1) is 7.33. The molecule has 1 saturated carbocycles. The molecule has 4 heteroatoms. The van der Waals surface area contributed by atoms with Crippen molar-refractivity contribution in [3.05, 3.63) is 24.3 Å². The van der Waals surface area contributed by atoms with Crippen LogP contribution in [-0.4, -0.2) is 19.9 Å². The lowest BCUT2D eigenvalue weighted by molar-refractivity contribution is 0.184. The highest BCUT2D eigenvalue weighted by atomic mass is 16.5. The molecule has 0 saturated heterocycles. The molecular weight excluding hydrogens is 190 g/mol. The molecule has 4 nitrogen and oxygen atoms in total. The van der Waals surface area contributed by atoms with Gasteiger partial charge in [0.1, 0.15) is 11.5 Å². The summed E-state index contributed by atoms with van der Waals surface area (Å²) < 4.78 is 1.02. The van der Waals surface area contributed by atoms with Crippen molar-refractivity contribution in [1.82, 2.24) is 14.7 Å². The molecular formula is C11H13N3O. The van der Waals surface area contributed by atoms with E-state index < -0.39 is 0 Å². The second-order valence-electron chi connectivity index (χ2n) is 4.16. The Kier molecular flexibility index (Phi) is 1.87. The minimum absolute atomic E-state index is 0.532. The minimum atomic E-state index is 0.532. The molecule has 0 aromatic heterocycles. The van der Waals surface area contributed by atoms with E-state index in [1.807, 2.05) is 0 Å². The summed E-state index contributed by atoms with van der Waals surface area (Å²) in [6, 6.07) is 1.79. The van der Waals surface area contributed by atoms with Crippen LogP contribution in [0.3, 0.4) is 0 Å². The Balaban J connectivity index is 2.03. The van der Waals surface area contributed by atoms with E-state index in [2.05, 4.69) is 9.97 Å². The predicted octanol–water partition coefficient (Wildman–Crippen LogP) is 2.28. The Morgan fingerprint density at radius 1 is 1.20 bits per heavy atom. The smallest absolute Gasteiger partial charge is 0.132 e. The van der Waals surface area contributed by atoms with Gasteiger partial charge in [-0.1, -0.05) is 12.8 Å². The summed E-state index contributed by atoms with van der Waals surface area (Å²) in [5, 5.41) is 9.25. The van der Waals surface area contributed by atoms with Crippen molar-refractivity contribution in [3.8, 4) is 11.4 Å². The van der Waals surface area contributed by atoms with Gasteiger partial charge < -0.3 is 5.21 Å². The molecule has 0 aromatic carbocycles. The quantitative estimate of drug-likeness (QED) is 0.723. The van der Waals surface area contributed by atoms with Crippen LogP contribution >= 0.6 is 0 Å². The van der Waals surface area contributed by atoms with E-state index in [-0.39, 0.29) is 0 Å². The zero-order chi connectivity index (χ0) is 10.3. The number of hydrogen-bond donors (Lipinski definition) is 1. The summed E-state index contributed by atoms with van der Waals surface area (Å²) in [6.07, 6.45) is 8.16. The van der Waals surface area contributed by atoms with Gasteiger partial charge in [-0.25, -0.2) is 9.97 Å². The number of nitrogens with zero attached hydrogens (tertiary/aromatic N) is 3. The van der Waals surface area contributed by atoms with Crippen LogP contribution in [0, 0.1) is 0 Å². The second kappa shape index (κ2) is 3.22. The molecule has 15 heavy (non-hydrogen) atoms. The van der Waals surface area contributed by atoms with Gasteiger partial charge in [0.2, 0.25) is 0 Å². The van der Waals surface area contributed by atoms with E-state index in [9.17, 15) is 5.21 Å².